The zero-order valence-electron chi connectivity index (χ0n) is 13.7. The number of likely N-dealkylation sites (tertiary alicyclic amines) is 1. The third kappa shape index (κ3) is 3.96. The van der Waals surface area contributed by atoms with Gasteiger partial charge in [0, 0.05) is 17.1 Å². The van der Waals surface area contributed by atoms with Gasteiger partial charge in [-0.15, -0.1) is 11.3 Å². The van der Waals surface area contributed by atoms with Gasteiger partial charge in [0.1, 0.15) is 18.4 Å². The number of carbonyl (C=O) groups is 2. The smallest absolute Gasteiger partial charge is 0.329 e. The number of hydrogen-bond acceptors (Lipinski definition) is 5. The summed E-state index contributed by atoms with van der Waals surface area (Å²) < 4.78 is 10.7. The molecule has 5 nitrogen and oxygen atoms in total. The minimum Gasteiger partial charge on any atom is -0.496 e. The van der Waals surface area contributed by atoms with Gasteiger partial charge in [-0.3, -0.25) is 4.79 Å². The Balaban J connectivity index is 1.66. The highest BCUT2D eigenvalue weighted by Gasteiger charge is 2.36. The van der Waals surface area contributed by atoms with Crippen molar-refractivity contribution in [1.82, 2.24) is 4.90 Å². The number of hydrogen-bond donors (Lipinski definition) is 0. The van der Waals surface area contributed by atoms with E-state index in [-0.39, 0.29) is 12.5 Å². The van der Waals surface area contributed by atoms with Crippen molar-refractivity contribution in [2.24, 2.45) is 0 Å². The van der Waals surface area contributed by atoms with Gasteiger partial charge < -0.3 is 14.4 Å². The maximum atomic E-state index is 12.5. The number of benzene rings is 1. The highest BCUT2D eigenvalue weighted by atomic mass is 35.5. The Kier molecular flexibility index (Phi) is 5.60. The van der Waals surface area contributed by atoms with E-state index in [0.29, 0.717) is 34.2 Å². The number of carbonyl (C=O) groups excluding carboxylic acids is 2. The van der Waals surface area contributed by atoms with Crippen LogP contribution in [0, 0.1) is 0 Å². The predicted molar refractivity (Wildman–Crippen MR) is 96.2 cm³/mol. The van der Waals surface area contributed by atoms with Gasteiger partial charge >= 0.3 is 5.97 Å². The van der Waals surface area contributed by atoms with E-state index in [0.717, 1.165) is 6.42 Å². The number of esters is 1. The van der Waals surface area contributed by atoms with Crippen molar-refractivity contribution >= 4 is 34.8 Å². The molecule has 3 rings (SSSR count). The minimum absolute atomic E-state index is 0.0557. The summed E-state index contributed by atoms with van der Waals surface area (Å²) in [5, 5.41) is 2.39. The lowest BCUT2D eigenvalue weighted by Crippen LogP contribution is -2.41. The lowest BCUT2D eigenvalue weighted by Gasteiger charge is -2.23. The second kappa shape index (κ2) is 7.89. The topological polar surface area (TPSA) is 55.8 Å². The summed E-state index contributed by atoms with van der Waals surface area (Å²) in [6.45, 7) is 0.622. The molecule has 0 N–H and O–H groups in total. The maximum Gasteiger partial charge on any atom is 0.329 e. The van der Waals surface area contributed by atoms with E-state index < -0.39 is 12.0 Å². The molecule has 0 aliphatic carbocycles. The van der Waals surface area contributed by atoms with Gasteiger partial charge in [0.15, 0.2) is 0 Å². The summed E-state index contributed by atoms with van der Waals surface area (Å²) in [5.41, 5.74) is 0.692. The molecule has 0 radical (unpaired) electrons. The predicted octanol–water partition coefficient (Wildman–Crippen LogP) is 3.76. The van der Waals surface area contributed by atoms with E-state index in [1.807, 2.05) is 11.4 Å². The van der Waals surface area contributed by atoms with Crippen molar-refractivity contribution in [2.75, 3.05) is 13.7 Å². The molecule has 1 saturated heterocycles. The lowest BCUT2D eigenvalue weighted by molar-refractivity contribution is -0.149. The molecule has 1 fully saturated rings. The second-order valence-corrected chi connectivity index (χ2v) is 7.08. The fourth-order valence-electron chi connectivity index (χ4n) is 2.90. The standard InChI is InChI=1S/C18H18ClNO4S/c1-23-15-7-6-13(19)10-12(15)11-24-18(22)14-4-2-8-20(14)17(21)16-5-3-9-25-16/h3,5-7,9-10,14H,2,4,8,11H2,1H3/t14-/m0/s1. The van der Waals surface area contributed by atoms with Crippen molar-refractivity contribution in [3.8, 4) is 5.75 Å². The van der Waals surface area contributed by atoms with E-state index in [4.69, 9.17) is 21.1 Å². The average Bonchev–Trinajstić information content (AvgIpc) is 3.30. The maximum absolute atomic E-state index is 12.5. The minimum atomic E-state index is -0.542. The van der Waals surface area contributed by atoms with Crippen LogP contribution in [0.3, 0.4) is 0 Å². The van der Waals surface area contributed by atoms with Gasteiger partial charge in [-0.25, -0.2) is 4.79 Å². The van der Waals surface area contributed by atoms with Gasteiger partial charge in [0.05, 0.1) is 12.0 Å². The number of halogens is 1. The van der Waals surface area contributed by atoms with Crippen molar-refractivity contribution in [2.45, 2.75) is 25.5 Å². The Labute approximate surface area is 155 Å². The molecule has 1 aliphatic rings. The van der Waals surface area contributed by atoms with E-state index >= 15 is 0 Å². The molecule has 0 bridgehead atoms. The van der Waals surface area contributed by atoms with Gasteiger partial charge in [0.2, 0.25) is 0 Å². The Morgan fingerprint density at radius 1 is 1.36 bits per heavy atom. The molecule has 25 heavy (non-hydrogen) atoms. The first-order chi connectivity index (χ1) is 12.1. The van der Waals surface area contributed by atoms with Gasteiger partial charge in [-0.05, 0) is 42.5 Å². The van der Waals surface area contributed by atoms with Crippen LogP contribution in [0.5, 0.6) is 5.75 Å². The molecule has 7 heteroatoms. The Morgan fingerprint density at radius 3 is 2.92 bits per heavy atom. The molecule has 2 heterocycles. The molecular weight excluding hydrogens is 362 g/mol. The first-order valence-corrected chi connectivity index (χ1v) is 9.19. The summed E-state index contributed by atoms with van der Waals surface area (Å²) in [7, 11) is 1.55. The molecule has 132 valence electrons. The van der Waals surface area contributed by atoms with Crippen LogP contribution in [0.15, 0.2) is 35.7 Å². The van der Waals surface area contributed by atoms with Crippen molar-refractivity contribution in [1.29, 1.82) is 0 Å². The third-order valence-electron chi connectivity index (χ3n) is 4.13. The average molecular weight is 380 g/mol. The number of nitrogens with zero attached hydrogens (tertiary/aromatic N) is 1. The fourth-order valence-corrected chi connectivity index (χ4v) is 3.78. The summed E-state index contributed by atoms with van der Waals surface area (Å²) in [6, 6.07) is 8.20. The highest BCUT2D eigenvalue weighted by Crippen LogP contribution is 2.26. The molecule has 1 aromatic heterocycles. The largest absolute Gasteiger partial charge is 0.496 e. The summed E-state index contributed by atoms with van der Waals surface area (Å²) in [6.07, 6.45) is 1.40. The first kappa shape index (κ1) is 17.8. The summed E-state index contributed by atoms with van der Waals surface area (Å²) in [4.78, 5) is 27.3. The highest BCUT2D eigenvalue weighted by molar-refractivity contribution is 7.12. The number of rotatable bonds is 5. The van der Waals surface area contributed by atoms with Crippen molar-refractivity contribution in [3.63, 3.8) is 0 Å². The van der Waals surface area contributed by atoms with Crippen LogP contribution in [0.25, 0.3) is 0 Å². The first-order valence-electron chi connectivity index (χ1n) is 7.93. The Bertz CT molecular complexity index is 762. The third-order valence-corrected chi connectivity index (χ3v) is 5.22. The van der Waals surface area contributed by atoms with Crippen LogP contribution in [0.1, 0.15) is 28.1 Å². The Hall–Kier alpha value is -2.05. The van der Waals surface area contributed by atoms with E-state index in [1.165, 1.54) is 11.3 Å². The van der Waals surface area contributed by atoms with Crippen LogP contribution in [0.2, 0.25) is 5.02 Å². The number of ether oxygens (including phenoxy) is 2. The Morgan fingerprint density at radius 2 is 2.20 bits per heavy atom. The van der Waals surface area contributed by atoms with Crippen LogP contribution in [0.4, 0.5) is 0 Å². The zero-order valence-corrected chi connectivity index (χ0v) is 15.3. The van der Waals surface area contributed by atoms with Crippen LogP contribution < -0.4 is 4.74 Å². The number of methoxy groups -OCH3 is 1. The molecule has 1 amide bonds. The van der Waals surface area contributed by atoms with Gasteiger partial charge in [-0.1, -0.05) is 17.7 Å². The molecule has 0 saturated carbocycles. The number of thiophene rings is 1. The van der Waals surface area contributed by atoms with Crippen molar-refractivity contribution < 1.29 is 19.1 Å². The van der Waals surface area contributed by atoms with Crippen molar-refractivity contribution in [3.05, 3.63) is 51.2 Å². The normalized spacial score (nSPS) is 16.7. The second-order valence-electron chi connectivity index (χ2n) is 5.70. The fraction of sp³-hybridized carbons (Fsp3) is 0.333. The summed E-state index contributed by atoms with van der Waals surface area (Å²) in [5.74, 6) is 0.0920. The lowest BCUT2D eigenvalue weighted by atomic mass is 10.2. The quantitative estimate of drug-likeness (QED) is 0.742. The molecule has 0 unspecified atom stereocenters. The van der Waals surface area contributed by atoms with Crippen LogP contribution >= 0.6 is 22.9 Å². The van der Waals surface area contributed by atoms with E-state index in [2.05, 4.69) is 0 Å². The van der Waals surface area contributed by atoms with E-state index in [1.54, 1.807) is 36.3 Å². The number of amides is 1. The molecule has 0 spiro atoms. The molecule has 1 aromatic carbocycles. The summed E-state index contributed by atoms with van der Waals surface area (Å²) >= 11 is 7.36. The SMILES string of the molecule is COc1ccc(Cl)cc1COC(=O)[C@@H]1CCCN1C(=O)c1cccs1. The van der Waals surface area contributed by atoms with Gasteiger partial charge in [-0.2, -0.15) is 0 Å². The molecule has 1 atom stereocenters. The van der Waals surface area contributed by atoms with Gasteiger partial charge in [0.25, 0.3) is 5.91 Å². The van der Waals surface area contributed by atoms with Crippen LogP contribution in [-0.2, 0) is 16.1 Å². The van der Waals surface area contributed by atoms with Crippen LogP contribution in [-0.4, -0.2) is 36.5 Å². The zero-order chi connectivity index (χ0) is 17.8. The molecule has 1 aliphatic heterocycles. The molecule has 2 aromatic rings. The monoisotopic (exact) mass is 379 g/mol. The van der Waals surface area contributed by atoms with E-state index in [9.17, 15) is 9.59 Å². The molecular formula is C18H18ClNO4S.